The van der Waals surface area contributed by atoms with Gasteiger partial charge in [0, 0.05) is 5.39 Å². The summed E-state index contributed by atoms with van der Waals surface area (Å²) in [6, 6.07) is 33.3. The van der Waals surface area contributed by atoms with Crippen molar-refractivity contribution in [2.24, 2.45) is 0 Å². The lowest BCUT2D eigenvalue weighted by Gasteiger charge is -2.19. The summed E-state index contributed by atoms with van der Waals surface area (Å²) in [6.07, 6.45) is 0. The molecule has 158 valence electrons. The first-order valence-electron chi connectivity index (χ1n) is 10.5. The Kier molecular flexibility index (Phi) is 7.03. The summed E-state index contributed by atoms with van der Waals surface area (Å²) in [5, 5.41) is 8.02. The topological polar surface area (TPSA) is 50.4 Å². The zero-order valence-electron chi connectivity index (χ0n) is 17.6. The van der Waals surface area contributed by atoms with Crippen LogP contribution in [0.5, 0.6) is 5.75 Å². The Balaban J connectivity index is 1.30. The predicted octanol–water partition coefficient (Wildman–Crippen LogP) is 5.31. The van der Waals surface area contributed by atoms with Gasteiger partial charge in [-0.1, -0.05) is 109 Å². The van der Waals surface area contributed by atoms with Crippen molar-refractivity contribution in [2.45, 2.75) is 6.04 Å². The maximum Gasteiger partial charge on any atom is 0.316 e. The summed E-state index contributed by atoms with van der Waals surface area (Å²) in [6.45, 7) is 0.495. The van der Waals surface area contributed by atoms with Gasteiger partial charge in [-0.15, -0.1) is 0 Å². The molecule has 0 aromatic heterocycles. The second-order valence-corrected chi connectivity index (χ2v) is 7.20. The van der Waals surface area contributed by atoms with E-state index in [1.54, 1.807) is 0 Å². The highest BCUT2D eigenvalue weighted by atomic mass is 16.5. The third kappa shape index (κ3) is 5.47. The number of benzene rings is 4. The van der Waals surface area contributed by atoms with Gasteiger partial charge in [-0.25, -0.2) is 4.79 Å². The molecule has 4 rings (SSSR count). The van der Waals surface area contributed by atoms with E-state index in [2.05, 4.69) is 34.6 Å². The van der Waals surface area contributed by atoms with Crippen LogP contribution in [0.2, 0.25) is 0 Å². The molecule has 0 bridgehead atoms. The van der Waals surface area contributed by atoms with Crippen molar-refractivity contribution in [1.82, 2.24) is 10.6 Å². The van der Waals surface area contributed by atoms with Crippen molar-refractivity contribution in [1.29, 1.82) is 0 Å². The van der Waals surface area contributed by atoms with Crippen molar-refractivity contribution in [3.63, 3.8) is 0 Å². The van der Waals surface area contributed by atoms with Crippen LogP contribution in [0.3, 0.4) is 0 Å². The van der Waals surface area contributed by atoms with Gasteiger partial charge in [-0.3, -0.25) is 0 Å². The average molecular weight is 421 g/mol. The number of carbonyl (C=O) groups is 1. The third-order valence-corrected chi connectivity index (χ3v) is 5.05. The summed E-state index contributed by atoms with van der Waals surface area (Å²) in [7, 11) is 0. The molecule has 4 aromatic rings. The molecule has 0 saturated heterocycles. The Morgan fingerprint density at radius 1 is 0.750 bits per heavy atom. The molecule has 32 heavy (non-hydrogen) atoms. The van der Waals surface area contributed by atoms with Crippen LogP contribution in [-0.4, -0.2) is 19.2 Å². The van der Waals surface area contributed by atoms with Gasteiger partial charge in [0.25, 0.3) is 0 Å². The first-order valence-corrected chi connectivity index (χ1v) is 10.5. The van der Waals surface area contributed by atoms with Crippen LogP contribution in [0.25, 0.3) is 10.8 Å². The maximum absolute atomic E-state index is 12.5. The highest BCUT2D eigenvalue weighted by Crippen LogP contribution is 2.25. The Bertz CT molecular complexity index is 1180. The van der Waals surface area contributed by atoms with Crippen LogP contribution in [0.4, 0.5) is 4.79 Å². The van der Waals surface area contributed by atoms with Crippen LogP contribution in [-0.2, 0) is 0 Å². The minimum atomic E-state index is -0.271. The van der Waals surface area contributed by atoms with E-state index in [0.29, 0.717) is 0 Å². The number of amides is 2. The second kappa shape index (κ2) is 10.7. The highest BCUT2D eigenvalue weighted by molar-refractivity contribution is 5.88. The number of fused-ring (bicyclic) bond motifs is 1. The van der Waals surface area contributed by atoms with E-state index in [4.69, 9.17) is 4.74 Å². The lowest BCUT2D eigenvalue weighted by atomic mass is 9.99. The first-order chi connectivity index (χ1) is 15.8. The number of nitrogens with one attached hydrogen (secondary N) is 2. The largest absolute Gasteiger partial charge is 0.480 e. The molecule has 0 radical (unpaired) electrons. The van der Waals surface area contributed by atoms with Crippen LogP contribution in [0.15, 0.2) is 103 Å². The van der Waals surface area contributed by atoms with Gasteiger partial charge in [0.15, 0.2) is 0 Å². The summed E-state index contributed by atoms with van der Waals surface area (Å²) >= 11 is 0. The number of hydrogen-bond acceptors (Lipinski definition) is 2. The minimum absolute atomic E-state index is 0.236. The van der Waals surface area contributed by atoms with E-state index in [1.165, 1.54) is 0 Å². The first kappa shape index (κ1) is 21.0. The molecule has 2 amide bonds. The Hall–Kier alpha value is -4.23. The molecule has 0 aliphatic rings. The van der Waals surface area contributed by atoms with Crippen LogP contribution in [0, 0.1) is 11.8 Å². The zero-order valence-corrected chi connectivity index (χ0v) is 17.6. The summed E-state index contributed by atoms with van der Waals surface area (Å²) in [4.78, 5) is 12.5. The summed E-state index contributed by atoms with van der Waals surface area (Å²) in [5.41, 5.74) is 2.03. The fraction of sp³-hybridized carbons (Fsp3) is 0.107. The number of urea groups is 1. The Labute approximate surface area is 188 Å². The molecule has 4 nitrogen and oxygen atoms in total. The maximum atomic E-state index is 12.5. The van der Waals surface area contributed by atoms with Gasteiger partial charge in [0.2, 0.25) is 0 Å². The fourth-order valence-electron chi connectivity index (χ4n) is 3.51. The molecular weight excluding hydrogens is 396 g/mol. The van der Waals surface area contributed by atoms with E-state index in [9.17, 15) is 4.79 Å². The van der Waals surface area contributed by atoms with Crippen LogP contribution >= 0.6 is 0 Å². The van der Waals surface area contributed by atoms with Crippen LogP contribution < -0.4 is 15.4 Å². The molecular formula is C28H24N2O2. The average Bonchev–Trinajstić information content (AvgIpc) is 2.86. The number of carbonyl (C=O) groups excluding carboxylic acids is 1. The van der Waals surface area contributed by atoms with Crippen molar-refractivity contribution in [3.05, 3.63) is 114 Å². The number of ether oxygens (including phenoxy) is 1. The molecule has 0 atom stereocenters. The monoisotopic (exact) mass is 420 g/mol. The second-order valence-electron chi connectivity index (χ2n) is 7.20. The van der Waals surface area contributed by atoms with E-state index >= 15 is 0 Å². The van der Waals surface area contributed by atoms with Gasteiger partial charge < -0.3 is 15.4 Å². The zero-order chi connectivity index (χ0) is 22.0. The van der Waals surface area contributed by atoms with E-state index in [-0.39, 0.29) is 25.2 Å². The van der Waals surface area contributed by atoms with Crippen molar-refractivity contribution in [2.75, 3.05) is 13.2 Å². The van der Waals surface area contributed by atoms with Gasteiger partial charge in [0.05, 0.1) is 12.6 Å². The smallest absolute Gasteiger partial charge is 0.316 e. The van der Waals surface area contributed by atoms with E-state index < -0.39 is 0 Å². The van der Waals surface area contributed by atoms with Gasteiger partial charge >= 0.3 is 6.03 Å². The lowest BCUT2D eigenvalue weighted by molar-refractivity contribution is 0.240. The standard InChI is InChI=1S/C28H24N2O2/c31-28(30-27(23-13-3-1-4-14-23)24-15-5-2-6-16-24)29-20-9-10-21-32-26-19-11-17-22-12-7-8-18-25(22)26/h1-8,11-19,27H,20-21H2,(H2,29,30,31). The summed E-state index contributed by atoms with van der Waals surface area (Å²) < 4.78 is 5.80. The highest BCUT2D eigenvalue weighted by Gasteiger charge is 2.15. The Morgan fingerprint density at radius 3 is 2.09 bits per heavy atom. The molecule has 0 fully saturated rings. The van der Waals surface area contributed by atoms with E-state index in [0.717, 1.165) is 27.6 Å². The normalized spacial score (nSPS) is 10.3. The quantitative estimate of drug-likeness (QED) is 0.415. The third-order valence-electron chi connectivity index (χ3n) is 5.05. The summed E-state index contributed by atoms with van der Waals surface area (Å²) in [5.74, 6) is 6.70. The number of hydrogen-bond donors (Lipinski definition) is 2. The lowest BCUT2D eigenvalue weighted by Crippen LogP contribution is -2.38. The molecule has 2 N–H and O–H groups in total. The SMILES string of the molecule is O=C(NCC#CCOc1cccc2ccccc12)NC(c1ccccc1)c1ccccc1. The minimum Gasteiger partial charge on any atom is -0.480 e. The van der Waals surface area contributed by atoms with Crippen molar-refractivity contribution >= 4 is 16.8 Å². The van der Waals surface area contributed by atoms with Gasteiger partial charge in [-0.2, -0.15) is 0 Å². The number of rotatable bonds is 6. The molecule has 0 unspecified atom stereocenters. The van der Waals surface area contributed by atoms with Crippen molar-refractivity contribution < 1.29 is 9.53 Å². The fourth-order valence-corrected chi connectivity index (χ4v) is 3.51. The van der Waals surface area contributed by atoms with Crippen molar-refractivity contribution in [3.8, 4) is 17.6 Å². The van der Waals surface area contributed by atoms with Crippen LogP contribution in [0.1, 0.15) is 17.2 Å². The molecule has 0 aliphatic heterocycles. The molecule has 4 heteroatoms. The van der Waals surface area contributed by atoms with E-state index in [1.807, 2.05) is 91.0 Å². The van der Waals surface area contributed by atoms with Gasteiger partial charge in [-0.05, 0) is 22.6 Å². The molecule has 4 aromatic carbocycles. The molecule has 0 spiro atoms. The Morgan fingerprint density at radius 2 is 1.38 bits per heavy atom. The molecule has 0 aliphatic carbocycles. The predicted molar refractivity (Wildman–Crippen MR) is 128 cm³/mol. The molecule has 0 heterocycles. The van der Waals surface area contributed by atoms with Gasteiger partial charge in [0.1, 0.15) is 12.4 Å². The molecule has 0 saturated carbocycles.